The van der Waals surface area contributed by atoms with Gasteiger partial charge in [0, 0.05) is 31.3 Å². The van der Waals surface area contributed by atoms with Crippen LogP contribution in [0.1, 0.15) is 118 Å². The van der Waals surface area contributed by atoms with Gasteiger partial charge in [-0.2, -0.15) is 0 Å². The Labute approximate surface area is 355 Å². The number of nitrogens with zero attached hydrogens (tertiary/aromatic N) is 4. The van der Waals surface area contributed by atoms with Gasteiger partial charge in [-0.15, -0.1) is 0 Å². The third kappa shape index (κ3) is 7.86. The number of esters is 2. The zero-order valence-corrected chi connectivity index (χ0v) is 36.4. The summed E-state index contributed by atoms with van der Waals surface area (Å²) in [6.07, 6.45) is 17.5. The second kappa shape index (κ2) is 16.9. The van der Waals surface area contributed by atoms with E-state index >= 15 is 0 Å². The van der Waals surface area contributed by atoms with Crippen molar-refractivity contribution in [2.45, 2.75) is 124 Å². The number of anilines is 1. The SMILES string of the molecule is CC(C)CCC[C@@H](C)[C@H]1CC[C@H]2[C@@H]3CC=C4CC(OC(=O)CCC(=O)Oc5cccc(-c6nc(N7CCOCC7)c7oc8ncccc8c7n6)c5)CC[C@]4(C)[C@H]3CC[C@]12C. The van der Waals surface area contributed by atoms with Crippen LogP contribution < -0.4 is 9.64 Å². The molecule has 3 aromatic heterocycles. The third-order valence-corrected chi connectivity index (χ3v) is 15.8. The molecule has 8 atom stereocenters. The monoisotopic (exact) mass is 816 g/mol. The van der Waals surface area contributed by atoms with E-state index in [1.165, 1.54) is 56.9 Å². The van der Waals surface area contributed by atoms with Crippen LogP contribution >= 0.6 is 0 Å². The highest BCUT2D eigenvalue weighted by Crippen LogP contribution is 2.67. The maximum Gasteiger partial charge on any atom is 0.311 e. The Bertz CT molecular complexity index is 2240. The molecule has 0 amide bonds. The lowest BCUT2D eigenvalue weighted by atomic mass is 9.47. The Hall–Kier alpha value is -4.31. The Morgan fingerprint density at radius 3 is 2.60 bits per heavy atom. The van der Waals surface area contributed by atoms with E-state index in [-0.39, 0.29) is 30.3 Å². The number of hydrogen-bond acceptors (Lipinski definition) is 10. The zero-order chi connectivity index (χ0) is 41.6. The highest BCUT2D eigenvalue weighted by atomic mass is 16.5. The van der Waals surface area contributed by atoms with Crippen LogP contribution in [0.15, 0.2) is 58.7 Å². The summed E-state index contributed by atoms with van der Waals surface area (Å²) >= 11 is 0. The molecule has 320 valence electrons. The second-order valence-corrected chi connectivity index (χ2v) is 19.8. The summed E-state index contributed by atoms with van der Waals surface area (Å²) in [5.41, 5.74) is 4.63. The predicted octanol–water partition coefficient (Wildman–Crippen LogP) is 10.9. The number of morpholine rings is 1. The molecule has 4 aliphatic carbocycles. The van der Waals surface area contributed by atoms with Gasteiger partial charge < -0.3 is 23.5 Å². The first-order valence-corrected chi connectivity index (χ1v) is 23.1. The first-order chi connectivity index (χ1) is 29.0. The van der Waals surface area contributed by atoms with E-state index in [2.05, 4.69) is 50.6 Å². The van der Waals surface area contributed by atoms with Crippen LogP contribution in [0.5, 0.6) is 5.75 Å². The molecule has 60 heavy (non-hydrogen) atoms. The van der Waals surface area contributed by atoms with Gasteiger partial charge in [0.15, 0.2) is 17.2 Å². The second-order valence-electron chi connectivity index (χ2n) is 19.8. The van der Waals surface area contributed by atoms with Crippen molar-refractivity contribution in [2.75, 3.05) is 31.2 Å². The van der Waals surface area contributed by atoms with Crippen molar-refractivity contribution in [1.82, 2.24) is 15.0 Å². The summed E-state index contributed by atoms with van der Waals surface area (Å²) in [5.74, 6) is 5.50. The van der Waals surface area contributed by atoms with E-state index in [0.29, 0.717) is 71.5 Å². The number of benzene rings is 1. The van der Waals surface area contributed by atoms with Crippen molar-refractivity contribution in [3.8, 4) is 17.1 Å². The van der Waals surface area contributed by atoms with Gasteiger partial charge in [0.25, 0.3) is 0 Å². The number of furan rings is 1. The average Bonchev–Trinajstić information content (AvgIpc) is 3.81. The van der Waals surface area contributed by atoms with E-state index in [1.54, 1.807) is 18.3 Å². The summed E-state index contributed by atoms with van der Waals surface area (Å²) in [6, 6.07) is 11.0. The minimum atomic E-state index is -0.484. The number of carbonyl (C=O) groups is 2. The molecule has 4 fully saturated rings. The molecule has 1 aromatic carbocycles. The minimum Gasteiger partial charge on any atom is -0.462 e. The summed E-state index contributed by atoms with van der Waals surface area (Å²) in [4.78, 5) is 42.6. The van der Waals surface area contributed by atoms with Crippen LogP contribution in [-0.2, 0) is 19.1 Å². The zero-order valence-electron chi connectivity index (χ0n) is 36.4. The molecule has 1 saturated heterocycles. The number of rotatable bonds is 12. The van der Waals surface area contributed by atoms with Crippen LogP contribution in [0.25, 0.3) is 33.6 Å². The molecule has 4 heterocycles. The number of carbonyl (C=O) groups excluding carboxylic acids is 2. The van der Waals surface area contributed by atoms with Gasteiger partial charge in [0.05, 0.1) is 31.4 Å². The number of aromatic nitrogens is 3. The molecule has 0 N–H and O–H groups in total. The summed E-state index contributed by atoms with van der Waals surface area (Å²) in [5, 5.41) is 0.804. The lowest BCUT2D eigenvalue weighted by molar-refractivity contribution is -0.153. The smallest absolute Gasteiger partial charge is 0.311 e. The lowest BCUT2D eigenvalue weighted by Crippen LogP contribution is -2.51. The largest absolute Gasteiger partial charge is 0.462 e. The highest BCUT2D eigenvalue weighted by molar-refractivity contribution is 6.05. The van der Waals surface area contributed by atoms with Crippen LogP contribution in [0.3, 0.4) is 0 Å². The van der Waals surface area contributed by atoms with Gasteiger partial charge in [-0.05, 0) is 116 Å². The molecule has 5 aliphatic rings. The predicted molar refractivity (Wildman–Crippen MR) is 233 cm³/mol. The van der Waals surface area contributed by atoms with Crippen molar-refractivity contribution in [1.29, 1.82) is 0 Å². The molecule has 4 aromatic rings. The van der Waals surface area contributed by atoms with Crippen molar-refractivity contribution in [3.63, 3.8) is 0 Å². The Morgan fingerprint density at radius 2 is 1.77 bits per heavy atom. The molecule has 9 rings (SSSR count). The summed E-state index contributed by atoms with van der Waals surface area (Å²) in [6.45, 7) is 15.0. The first kappa shape index (κ1) is 41.1. The van der Waals surface area contributed by atoms with E-state index in [9.17, 15) is 9.59 Å². The number of pyridine rings is 1. The average molecular weight is 817 g/mol. The summed E-state index contributed by atoms with van der Waals surface area (Å²) in [7, 11) is 0. The van der Waals surface area contributed by atoms with E-state index in [0.717, 1.165) is 60.2 Å². The van der Waals surface area contributed by atoms with Gasteiger partial charge >= 0.3 is 11.9 Å². The van der Waals surface area contributed by atoms with Crippen LogP contribution in [0, 0.1) is 46.3 Å². The molecule has 0 radical (unpaired) electrons. The lowest BCUT2D eigenvalue weighted by Gasteiger charge is -2.58. The number of hydrogen-bond donors (Lipinski definition) is 0. The quantitative estimate of drug-likeness (QED) is 0.0777. The number of fused-ring (bicyclic) bond motifs is 8. The molecule has 10 nitrogen and oxygen atoms in total. The van der Waals surface area contributed by atoms with Crippen molar-refractivity contribution in [3.05, 3.63) is 54.2 Å². The van der Waals surface area contributed by atoms with Gasteiger partial charge in [-0.1, -0.05) is 77.7 Å². The standard InChI is InChI=1S/C50H64N4O6/c1-31(2)9-6-10-32(3)39-16-17-40-37-15-14-34-30-36(20-22-49(34,4)41(37)21-23-50(39,40)5)59-43(56)19-18-42(55)58-35-12-7-11-33(29-35)46-52-44-38-13-8-24-51-48(38)60-45(44)47(53-46)54-25-27-57-28-26-54/h7-8,11-14,24,29,31-32,36-37,39-41H,6,9-10,15-23,25-28,30H2,1-5H3/t32-,36?,37+,39-,40+,41+,49+,50-/m1/s1. The molecular formula is C50H64N4O6. The molecule has 0 bridgehead atoms. The molecule has 10 heteroatoms. The van der Waals surface area contributed by atoms with Crippen LogP contribution in [0.4, 0.5) is 5.82 Å². The Morgan fingerprint density at radius 1 is 0.933 bits per heavy atom. The van der Waals surface area contributed by atoms with Crippen LogP contribution in [0.2, 0.25) is 0 Å². The fourth-order valence-corrected chi connectivity index (χ4v) is 12.7. The Kier molecular flexibility index (Phi) is 11.5. The van der Waals surface area contributed by atoms with Gasteiger partial charge in [0.1, 0.15) is 17.4 Å². The van der Waals surface area contributed by atoms with Gasteiger partial charge in [-0.25, -0.2) is 15.0 Å². The molecular weight excluding hydrogens is 753 g/mol. The molecule has 3 saturated carbocycles. The van der Waals surface area contributed by atoms with Gasteiger partial charge in [0.2, 0.25) is 5.71 Å². The minimum absolute atomic E-state index is 0.0162. The molecule has 0 spiro atoms. The first-order valence-electron chi connectivity index (χ1n) is 23.1. The van der Waals surface area contributed by atoms with Gasteiger partial charge in [-0.3, -0.25) is 9.59 Å². The van der Waals surface area contributed by atoms with E-state index < -0.39 is 5.97 Å². The summed E-state index contributed by atoms with van der Waals surface area (Å²) < 4.78 is 23.6. The fraction of sp³-hybridized carbons (Fsp3) is 0.620. The maximum atomic E-state index is 13.2. The van der Waals surface area contributed by atoms with E-state index in [4.69, 9.17) is 28.6 Å². The molecule has 1 aliphatic heterocycles. The third-order valence-electron chi connectivity index (χ3n) is 15.8. The van der Waals surface area contributed by atoms with Crippen LogP contribution in [-0.4, -0.2) is 59.3 Å². The highest BCUT2D eigenvalue weighted by Gasteiger charge is 2.59. The topological polar surface area (TPSA) is 117 Å². The van der Waals surface area contributed by atoms with Crippen molar-refractivity contribution in [2.24, 2.45) is 46.3 Å². The molecule has 1 unspecified atom stereocenters. The van der Waals surface area contributed by atoms with Crippen molar-refractivity contribution >= 4 is 40.0 Å². The normalized spacial score (nSPS) is 29.5. The number of ether oxygens (including phenoxy) is 3. The Balaban J connectivity index is 0.799. The van der Waals surface area contributed by atoms with Crippen molar-refractivity contribution < 1.29 is 28.2 Å². The maximum absolute atomic E-state index is 13.2. The fourth-order valence-electron chi connectivity index (χ4n) is 12.7. The van der Waals surface area contributed by atoms with E-state index in [1.807, 2.05) is 24.3 Å². The number of allylic oxidation sites excluding steroid dienone is 1.